The van der Waals surface area contributed by atoms with Crippen molar-refractivity contribution >= 4 is 33.8 Å². The van der Waals surface area contributed by atoms with Crippen LogP contribution in [0.25, 0.3) is 0 Å². The summed E-state index contributed by atoms with van der Waals surface area (Å²) in [5.74, 6) is 0. The molecule has 1 nitrogen and oxygen atoms in total. The number of hydrogen-bond acceptors (Lipinski definition) is 1. The molecule has 1 saturated heterocycles. The standard InChI is InChI=1S/C12H20ClNSi2/c1-15(2)9-10-16(3,4)14(15)12-7-5-11(13)6-8-12/h5-8H,9-10H2,1-4H3. The van der Waals surface area contributed by atoms with Crippen LogP contribution >= 0.6 is 11.6 Å². The molecule has 0 atom stereocenters. The molecule has 4 heteroatoms. The van der Waals surface area contributed by atoms with E-state index in [0.717, 1.165) is 5.02 Å². The molecular weight excluding hydrogens is 250 g/mol. The summed E-state index contributed by atoms with van der Waals surface area (Å²) in [6, 6.07) is 11.3. The van der Waals surface area contributed by atoms with Gasteiger partial charge in [0.2, 0.25) is 0 Å². The van der Waals surface area contributed by atoms with Crippen molar-refractivity contribution in [3.63, 3.8) is 0 Å². The molecule has 16 heavy (non-hydrogen) atoms. The molecule has 1 aromatic rings. The number of benzene rings is 1. The molecule has 1 aliphatic rings. The number of nitrogens with zero attached hydrogens (tertiary/aromatic N) is 1. The van der Waals surface area contributed by atoms with Crippen LogP contribution in [0.2, 0.25) is 43.3 Å². The zero-order valence-electron chi connectivity index (χ0n) is 10.5. The maximum atomic E-state index is 5.96. The van der Waals surface area contributed by atoms with Crippen molar-refractivity contribution in [2.24, 2.45) is 0 Å². The molecule has 0 spiro atoms. The average molecular weight is 270 g/mol. The fourth-order valence-corrected chi connectivity index (χ4v) is 17.3. The first kappa shape index (κ1) is 12.2. The second-order valence-electron chi connectivity index (χ2n) is 5.94. The Hall–Kier alpha value is -0.256. The van der Waals surface area contributed by atoms with Gasteiger partial charge in [0.15, 0.2) is 0 Å². The summed E-state index contributed by atoms with van der Waals surface area (Å²) < 4.78 is 2.80. The Balaban J connectivity index is 2.41. The van der Waals surface area contributed by atoms with Crippen LogP contribution in [0.5, 0.6) is 0 Å². The van der Waals surface area contributed by atoms with E-state index in [9.17, 15) is 0 Å². The second kappa shape index (κ2) is 3.89. The zero-order valence-corrected chi connectivity index (χ0v) is 13.3. The van der Waals surface area contributed by atoms with Gasteiger partial charge >= 0.3 is 0 Å². The van der Waals surface area contributed by atoms with Crippen LogP contribution in [-0.2, 0) is 0 Å². The van der Waals surface area contributed by atoms with Crippen LogP contribution in [0.1, 0.15) is 0 Å². The monoisotopic (exact) mass is 269 g/mol. The fraction of sp³-hybridized carbons (Fsp3) is 0.500. The van der Waals surface area contributed by atoms with Gasteiger partial charge in [0, 0.05) is 10.7 Å². The van der Waals surface area contributed by atoms with Crippen molar-refractivity contribution in [3.05, 3.63) is 29.3 Å². The van der Waals surface area contributed by atoms with Gasteiger partial charge in [-0.1, -0.05) is 37.8 Å². The summed E-state index contributed by atoms with van der Waals surface area (Å²) in [4.78, 5) is 0. The summed E-state index contributed by atoms with van der Waals surface area (Å²) >= 11 is 5.96. The minimum atomic E-state index is -1.21. The minimum absolute atomic E-state index is 0.835. The van der Waals surface area contributed by atoms with Crippen LogP contribution in [0.4, 0.5) is 5.69 Å². The summed E-state index contributed by atoms with van der Waals surface area (Å²) in [6.45, 7) is 9.96. The summed E-state index contributed by atoms with van der Waals surface area (Å²) in [5, 5.41) is 0.835. The lowest BCUT2D eigenvalue weighted by atomic mass is 10.3. The molecule has 0 unspecified atom stereocenters. The molecule has 0 aromatic heterocycles. The van der Waals surface area contributed by atoms with Crippen LogP contribution < -0.4 is 4.23 Å². The summed E-state index contributed by atoms with van der Waals surface area (Å²) in [5.41, 5.74) is 1.40. The molecule has 2 rings (SSSR count). The highest BCUT2D eigenvalue weighted by molar-refractivity contribution is 7.04. The van der Waals surface area contributed by atoms with Gasteiger partial charge < -0.3 is 4.23 Å². The lowest BCUT2D eigenvalue weighted by Gasteiger charge is -2.41. The number of halogens is 1. The molecule has 0 radical (unpaired) electrons. The van der Waals surface area contributed by atoms with Crippen molar-refractivity contribution in [3.8, 4) is 0 Å². The highest BCUT2D eigenvalue weighted by atomic mass is 35.5. The molecule has 0 bridgehead atoms. The first-order valence-corrected chi connectivity index (χ1v) is 12.6. The Morgan fingerprint density at radius 2 is 1.38 bits per heavy atom. The zero-order chi connectivity index (χ0) is 12.0. The van der Waals surface area contributed by atoms with Gasteiger partial charge in [0.1, 0.15) is 16.5 Å². The van der Waals surface area contributed by atoms with E-state index in [1.54, 1.807) is 0 Å². The van der Waals surface area contributed by atoms with Gasteiger partial charge in [-0.3, -0.25) is 0 Å². The van der Waals surface area contributed by atoms with Crippen LogP contribution in [0, 0.1) is 0 Å². The first-order valence-electron chi connectivity index (χ1n) is 5.89. The summed E-state index contributed by atoms with van der Waals surface area (Å²) in [7, 11) is -2.42. The van der Waals surface area contributed by atoms with Gasteiger partial charge in [0.05, 0.1) is 0 Å². The van der Waals surface area contributed by atoms with Crippen molar-refractivity contribution in [2.45, 2.75) is 38.3 Å². The largest absolute Gasteiger partial charge is 0.424 e. The van der Waals surface area contributed by atoms with Gasteiger partial charge in [0.25, 0.3) is 0 Å². The number of anilines is 1. The second-order valence-corrected chi connectivity index (χ2v) is 16.0. The SMILES string of the molecule is C[Si]1(C)CC[Si](C)(C)N1c1ccc(Cl)cc1. The van der Waals surface area contributed by atoms with Gasteiger partial charge in [-0.25, -0.2) is 0 Å². The number of hydrogen-bond donors (Lipinski definition) is 0. The minimum Gasteiger partial charge on any atom is -0.424 e. The maximum absolute atomic E-state index is 5.96. The van der Waals surface area contributed by atoms with E-state index in [1.807, 2.05) is 12.1 Å². The third kappa shape index (κ3) is 2.08. The van der Waals surface area contributed by atoms with E-state index in [1.165, 1.54) is 17.8 Å². The van der Waals surface area contributed by atoms with E-state index in [4.69, 9.17) is 11.6 Å². The lowest BCUT2D eigenvalue weighted by molar-refractivity contribution is 1.35. The van der Waals surface area contributed by atoms with E-state index < -0.39 is 16.5 Å². The molecule has 0 N–H and O–H groups in total. The highest BCUT2D eigenvalue weighted by Crippen LogP contribution is 2.40. The Bertz CT molecular complexity index is 371. The van der Waals surface area contributed by atoms with Crippen LogP contribution in [0.15, 0.2) is 24.3 Å². The Morgan fingerprint density at radius 1 is 0.938 bits per heavy atom. The van der Waals surface area contributed by atoms with E-state index in [2.05, 4.69) is 42.6 Å². The topological polar surface area (TPSA) is 3.24 Å². The smallest absolute Gasteiger partial charge is 0.141 e. The first-order chi connectivity index (χ1) is 7.33. The Labute approximate surface area is 106 Å². The molecule has 0 aliphatic carbocycles. The third-order valence-corrected chi connectivity index (χ3v) is 13.9. The molecule has 1 heterocycles. The van der Waals surface area contributed by atoms with Crippen molar-refractivity contribution in [1.29, 1.82) is 0 Å². The quantitative estimate of drug-likeness (QED) is 0.675. The molecular formula is C12H20ClNSi2. The Kier molecular flexibility index (Phi) is 2.97. The molecule has 0 saturated carbocycles. The normalized spacial score (nSPS) is 22.4. The molecule has 88 valence electrons. The van der Waals surface area contributed by atoms with Crippen LogP contribution in [-0.4, -0.2) is 16.5 Å². The number of rotatable bonds is 1. The Morgan fingerprint density at radius 3 is 1.81 bits per heavy atom. The molecule has 1 aromatic carbocycles. The lowest BCUT2D eigenvalue weighted by Crippen LogP contribution is -2.55. The van der Waals surface area contributed by atoms with E-state index >= 15 is 0 Å². The molecule has 0 amide bonds. The van der Waals surface area contributed by atoms with Crippen molar-refractivity contribution in [1.82, 2.24) is 0 Å². The molecule has 1 fully saturated rings. The maximum Gasteiger partial charge on any atom is 0.141 e. The van der Waals surface area contributed by atoms with Crippen molar-refractivity contribution in [2.75, 3.05) is 4.23 Å². The molecule has 1 aliphatic heterocycles. The predicted molar refractivity (Wildman–Crippen MR) is 78.5 cm³/mol. The fourth-order valence-electron chi connectivity index (χ4n) is 2.94. The summed E-state index contributed by atoms with van der Waals surface area (Å²) in [6.07, 6.45) is 0. The van der Waals surface area contributed by atoms with Gasteiger partial charge in [-0.05, 0) is 36.4 Å². The average Bonchev–Trinajstić information content (AvgIpc) is 2.39. The van der Waals surface area contributed by atoms with Gasteiger partial charge in [-0.2, -0.15) is 0 Å². The predicted octanol–water partition coefficient (Wildman–Crippen LogP) is 4.57. The van der Waals surface area contributed by atoms with Crippen LogP contribution in [0.3, 0.4) is 0 Å². The highest BCUT2D eigenvalue weighted by Gasteiger charge is 2.47. The van der Waals surface area contributed by atoms with E-state index in [-0.39, 0.29) is 0 Å². The van der Waals surface area contributed by atoms with E-state index in [0.29, 0.717) is 0 Å². The van der Waals surface area contributed by atoms with Crippen molar-refractivity contribution < 1.29 is 0 Å². The van der Waals surface area contributed by atoms with Gasteiger partial charge in [-0.15, -0.1) is 0 Å². The third-order valence-electron chi connectivity index (χ3n) is 3.64.